The Morgan fingerprint density at radius 2 is 1.21 bits per heavy atom. The predicted octanol–water partition coefficient (Wildman–Crippen LogP) is 2.05. The van der Waals surface area contributed by atoms with Gasteiger partial charge in [0.1, 0.15) is 0 Å². The number of hydrogen-bond acceptors (Lipinski definition) is 6. The number of allylic oxidation sites excluding steroid dienone is 2. The van der Waals surface area contributed by atoms with Gasteiger partial charge in [0.25, 0.3) is 0 Å². The van der Waals surface area contributed by atoms with Crippen molar-refractivity contribution in [1.29, 1.82) is 0 Å². The normalized spacial score (nSPS) is 27.4. The number of carbonyl (C=O) groups excluding carboxylic acids is 2. The molecular weight excluding hydrogens is 374 g/mol. The second kappa shape index (κ2) is 11.8. The van der Waals surface area contributed by atoms with Crippen molar-refractivity contribution in [3.05, 3.63) is 12.2 Å². The summed E-state index contributed by atoms with van der Waals surface area (Å²) < 4.78 is 21.8. The Hall–Kier alpha value is -1.28. The van der Waals surface area contributed by atoms with Crippen molar-refractivity contribution >= 4 is 11.8 Å². The first-order chi connectivity index (χ1) is 14.2. The molecule has 0 radical (unpaired) electrons. The average molecular weight is 410 g/mol. The number of fused-ring (bicyclic) bond motifs is 5. The van der Waals surface area contributed by atoms with E-state index < -0.39 is 0 Å². The van der Waals surface area contributed by atoms with Crippen molar-refractivity contribution < 1.29 is 28.5 Å². The predicted molar refractivity (Wildman–Crippen MR) is 107 cm³/mol. The highest BCUT2D eigenvalue weighted by Gasteiger charge is 2.58. The van der Waals surface area contributed by atoms with Gasteiger partial charge < -0.3 is 18.9 Å². The van der Waals surface area contributed by atoms with Crippen LogP contribution in [0.1, 0.15) is 32.6 Å². The molecule has 0 aromatic rings. The van der Waals surface area contributed by atoms with Crippen molar-refractivity contribution in [3.63, 3.8) is 0 Å². The number of unbranched alkanes of at least 4 members (excludes halogenated alkanes) is 1. The third kappa shape index (κ3) is 5.87. The Morgan fingerprint density at radius 1 is 0.759 bits per heavy atom. The fourth-order valence-electron chi connectivity index (χ4n) is 4.52. The van der Waals surface area contributed by atoms with Crippen LogP contribution in [0.3, 0.4) is 0 Å². The molecule has 164 valence electrons. The fourth-order valence-corrected chi connectivity index (χ4v) is 4.52. The van der Waals surface area contributed by atoms with Gasteiger partial charge in [0.15, 0.2) is 0 Å². The van der Waals surface area contributed by atoms with Crippen LogP contribution in [-0.2, 0) is 28.5 Å². The number of carbonyl (C=O) groups is 2. The van der Waals surface area contributed by atoms with E-state index in [9.17, 15) is 9.59 Å². The van der Waals surface area contributed by atoms with E-state index in [1.807, 2.05) is 0 Å². The van der Waals surface area contributed by atoms with Gasteiger partial charge in [0.05, 0.1) is 51.5 Å². The van der Waals surface area contributed by atoms with Crippen LogP contribution in [0.2, 0.25) is 0 Å². The monoisotopic (exact) mass is 409 g/mol. The maximum atomic E-state index is 12.6. The van der Waals surface area contributed by atoms with Crippen molar-refractivity contribution in [2.24, 2.45) is 23.7 Å². The van der Waals surface area contributed by atoms with Gasteiger partial charge in [-0.1, -0.05) is 25.5 Å². The lowest BCUT2D eigenvalue weighted by Crippen LogP contribution is -2.34. The molecule has 0 aromatic heterocycles. The van der Waals surface area contributed by atoms with Gasteiger partial charge in [-0.15, -0.1) is 0 Å². The number of imide groups is 1. The van der Waals surface area contributed by atoms with E-state index in [-0.39, 0.29) is 35.5 Å². The molecule has 2 amide bonds. The summed E-state index contributed by atoms with van der Waals surface area (Å²) in [6, 6.07) is 0. The van der Waals surface area contributed by atoms with E-state index in [0.717, 1.165) is 25.9 Å². The maximum absolute atomic E-state index is 12.6. The van der Waals surface area contributed by atoms with Gasteiger partial charge in [0.2, 0.25) is 11.8 Å². The molecule has 1 saturated heterocycles. The highest BCUT2D eigenvalue weighted by atomic mass is 16.6. The van der Waals surface area contributed by atoms with E-state index in [1.54, 1.807) is 0 Å². The lowest BCUT2D eigenvalue weighted by atomic mass is 9.85. The summed E-state index contributed by atoms with van der Waals surface area (Å²) in [6.45, 7) is 7.24. The molecule has 3 rings (SSSR count). The Kier molecular flexibility index (Phi) is 9.11. The Labute approximate surface area is 173 Å². The third-order valence-electron chi connectivity index (χ3n) is 5.99. The van der Waals surface area contributed by atoms with Crippen LogP contribution in [0.25, 0.3) is 0 Å². The van der Waals surface area contributed by atoms with Crippen LogP contribution in [0.5, 0.6) is 0 Å². The number of rotatable bonds is 16. The number of likely N-dealkylation sites (tertiary alicyclic amines) is 1. The Balaban J connectivity index is 1.13. The SMILES string of the molecule is CCCCOCCOCCOCCOCCCN1C(=O)C2C3C=CC(C3)C2C1=O. The van der Waals surface area contributed by atoms with Crippen LogP contribution in [-0.4, -0.2) is 76.1 Å². The molecule has 7 heteroatoms. The van der Waals surface area contributed by atoms with E-state index in [0.29, 0.717) is 59.2 Å². The third-order valence-corrected chi connectivity index (χ3v) is 5.99. The van der Waals surface area contributed by atoms with Gasteiger partial charge in [-0.2, -0.15) is 0 Å². The Morgan fingerprint density at radius 3 is 1.69 bits per heavy atom. The zero-order chi connectivity index (χ0) is 20.5. The van der Waals surface area contributed by atoms with Gasteiger partial charge >= 0.3 is 0 Å². The van der Waals surface area contributed by atoms with Crippen molar-refractivity contribution in [2.45, 2.75) is 32.6 Å². The molecular formula is C22H35NO6. The van der Waals surface area contributed by atoms with Crippen LogP contribution < -0.4 is 0 Å². The fraction of sp³-hybridized carbons (Fsp3) is 0.818. The minimum Gasteiger partial charge on any atom is -0.379 e. The first kappa shape index (κ1) is 22.4. The first-order valence-corrected chi connectivity index (χ1v) is 11.1. The molecule has 2 bridgehead atoms. The van der Waals surface area contributed by atoms with E-state index >= 15 is 0 Å². The molecule has 7 nitrogen and oxygen atoms in total. The van der Waals surface area contributed by atoms with Gasteiger partial charge in [0, 0.05) is 19.8 Å². The molecule has 0 aromatic carbocycles. The van der Waals surface area contributed by atoms with E-state index in [2.05, 4.69) is 19.1 Å². The summed E-state index contributed by atoms with van der Waals surface area (Å²) in [5, 5.41) is 0. The Bertz CT molecular complexity index is 536. The van der Waals surface area contributed by atoms with Crippen LogP contribution in [0, 0.1) is 23.7 Å². The smallest absolute Gasteiger partial charge is 0.233 e. The standard InChI is InChI=1S/C22H35NO6/c1-2-3-8-26-10-12-28-14-15-29-13-11-27-9-4-7-23-21(24)19-17-5-6-18(16-17)20(19)22(23)25/h5-6,17-20H,2-4,7-16H2,1H3. The van der Waals surface area contributed by atoms with E-state index in [4.69, 9.17) is 18.9 Å². The average Bonchev–Trinajstić information content (AvgIpc) is 3.40. The molecule has 3 aliphatic rings. The van der Waals surface area contributed by atoms with Gasteiger partial charge in [-0.3, -0.25) is 14.5 Å². The van der Waals surface area contributed by atoms with Crippen LogP contribution >= 0.6 is 0 Å². The quantitative estimate of drug-likeness (QED) is 0.221. The molecule has 4 atom stereocenters. The van der Waals surface area contributed by atoms with Crippen LogP contribution in [0.4, 0.5) is 0 Å². The molecule has 1 aliphatic heterocycles. The largest absolute Gasteiger partial charge is 0.379 e. The zero-order valence-electron chi connectivity index (χ0n) is 17.6. The summed E-state index contributed by atoms with van der Waals surface area (Å²) in [4.78, 5) is 26.6. The molecule has 2 aliphatic carbocycles. The number of hydrogen-bond donors (Lipinski definition) is 0. The van der Waals surface area contributed by atoms with Gasteiger partial charge in [-0.25, -0.2) is 0 Å². The number of ether oxygens (including phenoxy) is 4. The molecule has 1 saturated carbocycles. The summed E-state index contributed by atoms with van der Waals surface area (Å²) in [5.41, 5.74) is 0. The molecule has 0 N–H and O–H groups in total. The lowest BCUT2D eigenvalue weighted by Gasteiger charge is -2.17. The summed E-state index contributed by atoms with van der Waals surface area (Å²) in [6.07, 6.45) is 8.12. The first-order valence-electron chi connectivity index (χ1n) is 11.1. The van der Waals surface area contributed by atoms with Crippen molar-refractivity contribution in [3.8, 4) is 0 Å². The van der Waals surface area contributed by atoms with Crippen molar-refractivity contribution in [2.75, 3.05) is 59.4 Å². The van der Waals surface area contributed by atoms with E-state index in [1.165, 1.54) is 4.90 Å². The molecule has 4 unspecified atom stereocenters. The summed E-state index contributed by atoms with van der Waals surface area (Å²) in [5.74, 6) is 0.399. The minimum atomic E-state index is -0.100. The van der Waals surface area contributed by atoms with Gasteiger partial charge in [-0.05, 0) is 31.1 Å². The lowest BCUT2D eigenvalue weighted by molar-refractivity contribution is -0.140. The molecule has 1 heterocycles. The minimum absolute atomic E-state index is 0.0240. The summed E-state index contributed by atoms with van der Waals surface area (Å²) in [7, 11) is 0. The van der Waals surface area contributed by atoms with Crippen molar-refractivity contribution in [1.82, 2.24) is 4.90 Å². The van der Waals surface area contributed by atoms with Crippen LogP contribution in [0.15, 0.2) is 12.2 Å². The summed E-state index contributed by atoms with van der Waals surface area (Å²) >= 11 is 0. The zero-order valence-corrected chi connectivity index (χ0v) is 17.6. The maximum Gasteiger partial charge on any atom is 0.233 e. The topological polar surface area (TPSA) is 74.3 Å². The molecule has 29 heavy (non-hydrogen) atoms. The number of nitrogens with zero attached hydrogens (tertiary/aromatic N) is 1. The second-order valence-electron chi connectivity index (χ2n) is 7.98. The number of amides is 2. The molecule has 2 fully saturated rings. The molecule has 0 spiro atoms. The highest BCUT2D eigenvalue weighted by molar-refractivity contribution is 6.06. The second-order valence-corrected chi connectivity index (χ2v) is 7.98. The highest BCUT2D eigenvalue weighted by Crippen LogP contribution is 2.52.